The van der Waals surface area contributed by atoms with Crippen LogP contribution in [0.15, 0.2) is 107 Å². The number of phenols is 1. The number of imide groups is 2. The Morgan fingerprint density at radius 3 is 2.39 bits per heavy atom. The molecule has 4 heterocycles. The number of allylic oxidation sites excluding steroid dienone is 2. The molecule has 0 radical (unpaired) electrons. The number of halogens is 2. The minimum Gasteiger partial charge on any atom is -0.503 e. The number of fused-ring (bicyclic) bond motifs is 5. The van der Waals surface area contributed by atoms with E-state index in [1.54, 1.807) is 53.4 Å². The van der Waals surface area contributed by atoms with E-state index in [0.717, 1.165) is 37.5 Å². The number of aryl methyl sites for hydroxylation is 2. The molecule has 2 N–H and O–H groups in total. The van der Waals surface area contributed by atoms with Crippen molar-refractivity contribution < 1.29 is 29.0 Å². The molecule has 10 rings (SSSR count). The Labute approximate surface area is 368 Å². The van der Waals surface area contributed by atoms with Crippen molar-refractivity contribution in [3.8, 4) is 22.1 Å². The highest BCUT2D eigenvalue weighted by molar-refractivity contribution is 9.10. The lowest BCUT2D eigenvalue weighted by Gasteiger charge is -2.49. The number of aromatic nitrogens is 2. The van der Waals surface area contributed by atoms with Crippen molar-refractivity contribution >= 4 is 95.5 Å². The standard InChI is InChI=1S/C47H39BrClN5O6S/c1-23-31-20-25(49)10-17-37(31)61-42(23)35-22-38(52(3)51-35)54-44(57)33-21-32-29(40(47(33,2)46(54)59)24-18-34(48)41(55)36(19-24)60-4)15-16-30-39(32)45(58)53(43(30)56)28-13-11-27(12-14-28)50-26-8-6-5-7-9-26/h5-15,17-20,22,30,32-33,39-40,50,55H,16,21H2,1-4H3/t30-,32+,33-,39-,40-,47+/m0/s1. The summed E-state index contributed by atoms with van der Waals surface area (Å²) in [5, 5.41) is 20.7. The topological polar surface area (TPSA) is 134 Å². The Morgan fingerprint density at radius 1 is 0.918 bits per heavy atom. The van der Waals surface area contributed by atoms with Crippen molar-refractivity contribution in [2.45, 2.75) is 32.6 Å². The molecule has 2 aliphatic carbocycles. The van der Waals surface area contributed by atoms with E-state index in [0.29, 0.717) is 32.3 Å². The minimum atomic E-state index is -1.32. The molecule has 1 saturated carbocycles. The Morgan fingerprint density at radius 2 is 1.66 bits per heavy atom. The lowest BCUT2D eigenvalue weighted by atomic mass is 9.51. The van der Waals surface area contributed by atoms with Crippen LogP contribution in [0.2, 0.25) is 5.02 Å². The number of hydrogen-bond acceptors (Lipinski definition) is 9. The summed E-state index contributed by atoms with van der Waals surface area (Å²) in [6, 6.07) is 27.9. The number of ether oxygens (including phenoxy) is 1. The zero-order chi connectivity index (χ0) is 42.6. The average Bonchev–Trinajstić information content (AvgIpc) is 3.92. The average molecular weight is 917 g/mol. The molecular weight excluding hydrogens is 878 g/mol. The van der Waals surface area contributed by atoms with Gasteiger partial charge in [0.05, 0.1) is 45.3 Å². The lowest BCUT2D eigenvalue weighted by Crippen LogP contribution is -2.49. The summed E-state index contributed by atoms with van der Waals surface area (Å²) in [6.07, 6.45) is 2.48. The molecule has 61 heavy (non-hydrogen) atoms. The Bertz CT molecular complexity index is 2890. The maximum atomic E-state index is 15.3. The number of aromatic hydroxyl groups is 1. The second kappa shape index (κ2) is 14.4. The van der Waals surface area contributed by atoms with Crippen LogP contribution in [0.3, 0.4) is 0 Å². The molecule has 6 aromatic rings. The maximum absolute atomic E-state index is 15.3. The first-order valence-corrected chi connectivity index (χ1v) is 22.0. The first-order chi connectivity index (χ1) is 29.3. The van der Waals surface area contributed by atoms with Crippen molar-refractivity contribution in [3.63, 3.8) is 0 Å². The third kappa shape index (κ3) is 5.91. The highest BCUT2D eigenvalue weighted by Gasteiger charge is 2.68. The van der Waals surface area contributed by atoms with Crippen LogP contribution in [0.4, 0.5) is 22.9 Å². The van der Waals surface area contributed by atoms with Gasteiger partial charge in [-0.2, -0.15) is 5.10 Å². The molecular formula is C47H39BrClN5O6S. The number of para-hydroxylation sites is 1. The van der Waals surface area contributed by atoms with Crippen LogP contribution in [-0.2, 0) is 26.2 Å². The highest BCUT2D eigenvalue weighted by Crippen LogP contribution is 2.64. The van der Waals surface area contributed by atoms with E-state index in [9.17, 15) is 14.7 Å². The zero-order valence-electron chi connectivity index (χ0n) is 33.5. The van der Waals surface area contributed by atoms with Crippen molar-refractivity contribution in [3.05, 3.63) is 123 Å². The number of thiophene rings is 1. The van der Waals surface area contributed by atoms with Gasteiger partial charge in [0.15, 0.2) is 11.5 Å². The maximum Gasteiger partial charge on any atom is 0.242 e. The van der Waals surface area contributed by atoms with Gasteiger partial charge in [0.25, 0.3) is 0 Å². The fraction of sp³-hybridized carbons (Fsp3) is 0.255. The number of hydrogen-bond donors (Lipinski definition) is 2. The summed E-state index contributed by atoms with van der Waals surface area (Å²) < 4.78 is 8.55. The molecule has 11 nitrogen and oxygen atoms in total. The van der Waals surface area contributed by atoms with Gasteiger partial charge < -0.3 is 15.2 Å². The number of nitrogens with one attached hydrogen (secondary N) is 1. The summed E-state index contributed by atoms with van der Waals surface area (Å²) in [5.74, 6) is -4.50. The van der Waals surface area contributed by atoms with Crippen LogP contribution in [0.1, 0.15) is 36.8 Å². The number of carbonyl (C=O) groups is 4. The number of rotatable bonds is 7. The molecule has 2 aliphatic heterocycles. The predicted octanol–water partition coefficient (Wildman–Crippen LogP) is 9.92. The van der Waals surface area contributed by atoms with Gasteiger partial charge in [-0.25, -0.2) is 4.90 Å². The second-order valence-corrected chi connectivity index (χ2v) is 18.8. The summed E-state index contributed by atoms with van der Waals surface area (Å²) in [7, 11) is 3.17. The van der Waals surface area contributed by atoms with Gasteiger partial charge in [-0.3, -0.25) is 28.8 Å². The van der Waals surface area contributed by atoms with Gasteiger partial charge in [0, 0.05) is 40.1 Å². The van der Waals surface area contributed by atoms with E-state index in [2.05, 4.69) is 21.2 Å². The number of methoxy groups -OCH3 is 1. The molecule has 0 unspecified atom stereocenters. The van der Waals surface area contributed by atoms with E-state index in [1.165, 1.54) is 16.9 Å². The van der Waals surface area contributed by atoms with Crippen LogP contribution >= 0.6 is 38.9 Å². The van der Waals surface area contributed by atoms with Gasteiger partial charge in [0.1, 0.15) is 11.5 Å². The van der Waals surface area contributed by atoms with E-state index in [-0.39, 0.29) is 36.2 Å². The van der Waals surface area contributed by atoms with E-state index < -0.39 is 46.8 Å². The van der Waals surface area contributed by atoms with Crippen molar-refractivity contribution in [2.24, 2.45) is 36.1 Å². The first kappa shape index (κ1) is 39.4. The molecule has 2 aromatic heterocycles. The summed E-state index contributed by atoms with van der Waals surface area (Å²) in [6.45, 7) is 3.83. The van der Waals surface area contributed by atoms with Gasteiger partial charge in [-0.05, 0) is 132 Å². The quantitative estimate of drug-likeness (QED) is 0.120. The molecule has 4 aliphatic rings. The summed E-state index contributed by atoms with van der Waals surface area (Å²) in [4.78, 5) is 62.8. The van der Waals surface area contributed by atoms with Crippen molar-refractivity contribution in [1.29, 1.82) is 0 Å². The lowest BCUT2D eigenvalue weighted by molar-refractivity contribution is -0.131. The smallest absolute Gasteiger partial charge is 0.242 e. The molecule has 0 bridgehead atoms. The number of nitrogens with zero attached hydrogens (tertiary/aromatic N) is 4. The highest BCUT2D eigenvalue weighted by atomic mass is 79.9. The number of phenolic OH excluding ortho intramolecular Hbond substituents is 1. The summed E-state index contributed by atoms with van der Waals surface area (Å²) >= 11 is 11.4. The number of amides is 4. The molecule has 0 spiro atoms. The fourth-order valence-corrected chi connectivity index (χ4v) is 12.2. The van der Waals surface area contributed by atoms with Gasteiger partial charge in [-0.1, -0.05) is 41.4 Å². The van der Waals surface area contributed by atoms with Crippen LogP contribution in [0.5, 0.6) is 11.5 Å². The van der Waals surface area contributed by atoms with Crippen molar-refractivity contribution in [2.75, 3.05) is 22.2 Å². The number of carbonyl (C=O) groups excluding carboxylic acids is 4. The van der Waals surface area contributed by atoms with Gasteiger partial charge in [-0.15, -0.1) is 11.3 Å². The largest absolute Gasteiger partial charge is 0.503 e. The Hall–Kier alpha value is -5.76. The SMILES string of the molecule is COc1cc([C@H]2C3=CC[C@@H]4C(=O)N(c5ccc(Nc6ccccc6)cc5)C(=O)[C@@H]4[C@@H]3C[C@H]3C(=O)N(c4cc(-c5sc6ccc(Cl)cc6c5C)nn4C)C(=O)[C@@]23C)cc(Br)c1O. The Kier molecular flexibility index (Phi) is 9.31. The van der Waals surface area contributed by atoms with E-state index >= 15 is 9.59 Å². The zero-order valence-corrected chi connectivity index (χ0v) is 36.6. The third-order valence-electron chi connectivity index (χ3n) is 13.3. The molecule has 3 fully saturated rings. The van der Waals surface area contributed by atoms with E-state index in [1.807, 2.05) is 80.6 Å². The molecule has 4 aromatic carbocycles. The predicted molar refractivity (Wildman–Crippen MR) is 239 cm³/mol. The van der Waals surface area contributed by atoms with E-state index in [4.69, 9.17) is 21.4 Å². The van der Waals surface area contributed by atoms with Gasteiger partial charge >= 0.3 is 0 Å². The summed E-state index contributed by atoms with van der Waals surface area (Å²) in [5.41, 5.74) is 3.92. The number of anilines is 4. The molecule has 2 saturated heterocycles. The van der Waals surface area contributed by atoms with Gasteiger partial charge in [0.2, 0.25) is 23.6 Å². The van der Waals surface area contributed by atoms with Crippen LogP contribution in [-0.4, -0.2) is 45.6 Å². The normalized spacial score (nSPS) is 24.6. The molecule has 14 heteroatoms. The second-order valence-electron chi connectivity index (χ2n) is 16.5. The molecule has 4 amide bonds. The fourth-order valence-electron chi connectivity index (χ4n) is 10.4. The van der Waals surface area contributed by atoms with Crippen LogP contribution in [0.25, 0.3) is 20.7 Å². The Balaban J connectivity index is 1.04. The molecule has 6 atom stereocenters. The minimum absolute atomic E-state index is 0.105. The van der Waals surface area contributed by atoms with Crippen LogP contribution < -0.4 is 19.9 Å². The van der Waals surface area contributed by atoms with Crippen molar-refractivity contribution in [1.82, 2.24) is 9.78 Å². The van der Waals surface area contributed by atoms with Crippen LogP contribution in [0, 0.1) is 36.0 Å². The first-order valence-electron chi connectivity index (χ1n) is 20.0. The molecule has 308 valence electrons. The number of benzene rings is 4. The monoisotopic (exact) mass is 915 g/mol. The third-order valence-corrected chi connectivity index (χ3v) is 15.4.